The van der Waals surface area contributed by atoms with E-state index in [1.807, 2.05) is 54.4 Å². The van der Waals surface area contributed by atoms with Gasteiger partial charge in [0.05, 0.1) is 18.8 Å². The SMILES string of the molecule is CCC1=C[C@H]2CN(CCc3c([nH]c4ccccc34)[C@@](OC(C)=O)(c3cc4c(cc3OC)N(C)[C@H]3[C@@](O)(C(=O)NCCSc5ccccc5)[C@H](O)[C@]5(CC)C=CCN6CC[C@]43[C@@H]65)C2)C1.O=S(=O)(O)O. The van der Waals surface area contributed by atoms with Gasteiger partial charge < -0.3 is 34.9 Å². The molecule has 4 aromatic rings. The third-order valence-corrected chi connectivity index (χ3v) is 16.8. The van der Waals surface area contributed by atoms with Crippen molar-refractivity contribution >= 4 is 50.6 Å². The number of aliphatic hydroxyl groups is 2. The number of nitrogens with zero attached hydrogens (tertiary/aromatic N) is 3. The number of thioether (sulfide) groups is 1. The summed E-state index contributed by atoms with van der Waals surface area (Å²) in [6.45, 7) is 10.1. The lowest BCUT2D eigenvalue weighted by Crippen LogP contribution is -2.81. The van der Waals surface area contributed by atoms with Crippen LogP contribution in [-0.2, 0) is 42.2 Å². The van der Waals surface area contributed by atoms with Crippen molar-refractivity contribution in [2.45, 2.75) is 92.6 Å². The quantitative estimate of drug-likeness (QED) is 0.0374. The van der Waals surface area contributed by atoms with E-state index in [0.29, 0.717) is 43.9 Å². The Balaban J connectivity index is 0.00000110. The third kappa shape index (κ3) is 7.86. The molecule has 15 nitrogen and oxygen atoms in total. The Morgan fingerprint density at radius 2 is 1.75 bits per heavy atom. The zero-order valence-corrected chi connectivity index (χ0v) is 40.9. The van der Waals surface area contributed by atoms with Gasteiger partial charge in [-0.25, -0.2) is 0 Å². The zero-order valence-electron chi connectivity index (χ0n) is 39.3. The first-order chi connectivity index (χ1) is 32.4. The average molecular weight is 970 g/mol. The molecule has 1 spiro atoms. The summed E-state index contributed by atoms with van der Waals surface area (Å²) in [6, 6.07) is 21.6. The Labute approximate surface area is 402 Å². The van der Waals surface area contributed by atoms with Crippen LogP contribution >= 0.6 is 11.8 Å². The van der Waals surface area contributed by atoms with Gasteiger partial charge in [0.1, 0.15) is 11.9 Å². The van der Waals surface area contributed by atoms with Crippen LogP contribution in [0.2, 0.25) is 0 Å². The molecule has 1 aromatic heterocycles. The number of anilines is 1. The van der Waals surface area contributed by atoms with Crippen molar-refractivity contribution in [3.8, 4) is 5.75 Å². The number of nitrogens with one attached hydrogen (secondary N) is 2. The van der Waals surface area contributed by atoms with E-state index in [-0.39, 0.29) is 12.0 Å². The molecule has 3 aromatic carbocycles. The van der Waals surface area contributed by atoms with Crippen molar-refractivity contribution in [3.05, 3.63) is 113 Å². The Morgan fingerprint density at radius 3 is 2.46 bits per heavy atom. The predicted molar refractivity (Wildman–Crippen MR) is 261 cm³/mol. The highest BCUT2D eigenvalue weighted by atomic mass is 32.3. The van der Waals surface area contributed by atoms with E-state index < -0.39 is 56.5 Å². The first kappa shape index (κ1) is 48.3. The van der Waals surface area contributed by atoms with Gasteiger partial charge in [0.2, 0.25) is 0 Å². The van der Waals surface area contributed by atoms with Gasteiger partial charge in [0.25, 0.3) is 5.91 Å². The number of aromatic amines is 1. The molecular weight excluding hydrogens is 907 g/mol. The Kier molecular flexibility index (Phi) is 12.9. The molecule has 0 radical (unpaired) electrons. The molecule has 68 heavy (non-hydrogen) atoms. The molecule has 17 heteroatoms. The predicted octanol–water partition coefficient (Wildman–Crippen LogP) is 5.66. The maximum atomic E-state index is 15.0. The highest BCUT2D eigenvalue weighted by Gasteiger charge is 2.78. The molecule has 6 N–H and O–H groups in total. The number of aromatic nitrogens is 1. The fourth-order valence-electron chi connectivity index (χ4n) is 13.4. The Morgan fingerprint density at radius 1 is 1.01 bits per heavy atom. The highest BCUT2D eigenvalue weighted by Crippen LogP contribution is 2.67. The molecular formula is C51H63N5O10S2. The van der Waals surface area contributed by atoms with Gasteiger partial charge in [0, 0.05) is 109 Å². The number of fused-ring (bicyclic) bond motifs is 6. The number of carbonyl (C=O) groups excluding carboxylic acids is 2. The van der Waals surface area contributed by atoms with Crippen LogP contribution in [0.5, 0.6) is 5.75 Å². The monoisotopic (exact) mass is 969 g/mol. The topological polar surface area (TPSA) is 205 Å². The molecule has 364 valence electrons. The maximum absolute atomic E-state index is 15.0. The van der Waals surface area contributed by atoms with Crippen LogP contribution in [0.3, 0.4) is 0 Å². The van der Waals surface area contributed by atoms with Gasteiger partial charge >= 0.3 is 16.4 Å². The van der Waals surface area contributed by atoms with Gasteiger partial charge in [-0.1, -0.05) is 74.0 Å². The second kappa shape index (κ2) is 18.2. The van der Waals surface area contributed by atoms with Crippen molar-refractivity contribution < 1.29 is 46.8 Å². The van der Waals surface area contributed by atoms with E-state index in [1.54, 1.807) is 18.9 Å². The number of para-hydroxylation sites is 1. The van der Waals surface area contributed by atoms with Crippen LogP contribution in [0.1, 0.15) is 68.8 Å². The van der Waals surface area contributed by atoms with Gasteiger partial charge in [-0.05, 0) is 73.5 Å². The number of hydrogen-bond acceptors (Lipinski definition) is 12. The molecule has 1 saturated carbocycles. The van der Waals surface area contributed by atoms with Gasteiger partial charge in [-0.3, -0.25) is 28.5 Å². The second-order valence-corrected chi connectivity index (χ2v) is 21.4. The summed E-state index contributed by atoms with van der Waals surface area (Å²) < 4.78 is 45.0. The van der Waals surface area contributed by atoms with Crippen LogP contribution in [0.25, 0.3) is 10.9 Å². The fraction of sp³-hybridized carbons (Fsp3) is 0.490. The number of H-pyrrole nitrogens is 1. The fourth-order valence-corrected chi connectivity index (χ4v) is 14.2. The molecule has 1 amide bonds. The number of benzene rings is 3. The minimum Gasteiger partial charge on any atom is -0.496 e. The molecule has 6 aliphatic rings. The largest absolute Gasteiger partial charge is 0.496 e. The van der Waals surface area contributed by atoms with Gasteiger partial charge in [-0.2, -0.15) is 8.42 Å². The van der Waals surface area contributed by atoms with Crippen molar-refractivity contribution in [2.24, 2.45) is 11.3 Å². The number of likely N-dealkylation sites (N-methyl/N-ethyl adjacent to an activating group) is 1. The molecule has 1 unspecified atom stereocenters. The van der Waals surface area contributed by atoms with Crippen molar-refractivity contribution in [1.29, 1.82) is 0 Å². The minimum atomic E-state index is -4.67. The Hall–Kier alpha value is -4.72. The lowest BCUT2D eigenvalue weighted by molar-refractivity contribution is -0.203. The standard InChI is InChI=1S/C51H61N5O6S.H2O4S/c1-6-33-26-34-29-50(62-32(3)57,43-37(18-23-55(30-33)31-34)36-16-11-12-17-40(36)53-43)39-27-38-41(28-42(39)61-5)54(4)45-49(38)20-24-56-22-13-19-48(7-2,44(49)56)46(58)51(45,60)47(59)52-21-25-63-35-14-9-8-10-15-35;1-5(2,3)4/h8-17,19,26-28,34,44-46,53,58,60H,6-7,18,20-25,29-31H2,1-5H3,(H,52,59);(H2,1,2,3,4)/t34-,44+,45-,46-,48-,49-,50+,51+;/m1./s1. The summed E-state index contributed by atoms with van der Waals surface area (Å²) >= 11 is 1.64. The summed E-state index contributed by atoms with van der Waals surface area (Å²) in [5.74, 6) is 0.257. The maximum Gasteiger partial charge on any atom is 0.394 e. The lowest BCUT2D eigenvalue weighted by atomic mass is 9.47. The summed E-state index contributed by atoms with van der Waals surface area (Å²) in [5.41, 5.74) is 1.64. The number of esters is 1. The summed E-state index contributed by atoms with van der Waals surface area (Å²) in [7, 11) is -1.06. The smallest absolute Gasteiger partial charge is 0.394 e. The molecule has 2 bridgehead atoms. The van der Waals surface area contributed by atoms with Crippen molar-refractivity contribution in [3.63, 3.8) is 0 Å². The van der Waals surface area contributed by atoms with Crippen molar-refractivity contribution in [1.82, 2.24) is 20.1 Å². The van der Waals surface area contributed by atoms with Crippen LogP contribution < -0.4 is 15.0 Å². The molecule has 9 atom stereocenters. The minimum absolute atomic E-state index is 0.0637. The van der Waals surface area contributed by atoms with E-state index >= 15 is 0 Å². The lowest BCUT2D eigenvalue weighted by Gasteiger charge is -2.63. The number of carbonyl (C=O) groups is 2. The van der Waals surface area contributed by atoms with Gasteiger partial charge in [-0.15, -0.1) is 11.8 Å². The van der Waals surface area contributed by atoms with Crippen LogP contribution in [0.4, 0.5) is 5.69 Å². The van der Waals surface area contributed by atoms with Gasteiger partial charge in [0.15, 0.2) is 11.2 Å². The molecule has 2 fully saturated rings. The molecule has 5 aliphatic heterocycles. The number of amides is 1. The van der Waals surface area contributed by atoms with E-state index in [1.165, 1.54) is 12.5 Å². The third-order valence-electron chi connectivity index (χ3n) is 15.8. The van der Waals surface area contributed by atoms with E-state index in [0.717, 1.165) is 82.9 Å². The highest BCUT2D eigenvalue weighted by molar-refractivity contribution is 7.99. The summed E-state index contributed by atoms with van der Waals surface area (Å²) in [5, 5.41) is 30.5. The number of aliphatic hydroxyl groups excluding tert-OH is 1. The van der Waals surface area contributed by atoms with Crippen LogP contribution in [-0.4, -0.2) is 137 Å². The van der Waals surface area contributed by atoms with E-state index in [2.05, 4.69) is 76.4 Å². The first-order valence-electron chi connectivity index (χ1n) is 23.6. The van der Waals surface area contributed by atoms with Crippen LogP contribution in [0, 0.1) is 11.3 Å². The molecule has 6 heterocycles. The number of methoxy groups -OCH3 is 1. The second-order valence-electron chi connectivity index (χ2n) is 19.3. The van der Waals surface area contributed by atoms with E-state index in [9.17, 15) is 19.8 Å². The number of hydrogen-bond donors (Lipinski definition) is 6. The molecule has 1 aliphatic carbocycles. The first-order valence-corrected chi connectivity index (χ1v) is 26.0. The molecule has 10 rings (SSSR count). The van der Waals surface area contributed by atoms with Crippen LogP contribution in [0.15, 0.2) is 95.4 Å². The number of rotatable bonds is 10. The molecule has 1 saturated heterocycles. The van der Waals surface area contributed by atoms with E-state index in [4.69, 9.17) is 27.0 Å². The Bertz CT molecular complexity index is 2760. The summed E-state index contributed by atoms with van der Waals surface area (Å²) in [4.78, 5) is 40.8. The zero-order chi connectivity index (χ0) is 48.4. The van der Waals surface area contributed by atoms with Crippen molar-refractivity contribution in [2.75, 3.05) is 64.1 Å². The average Bonchev–Trinajstić information content (AvgIpc) is 3.98. The normalized spacial score (nSPS) is 31.4. The number of ether oxygens (including phenoxy) is 2. The summed E-state index contributed by atoms with van der Waals surface area (Å²) in [6.07, 6.45) is 8.56.